The second kappa shape index (κ2) is 5.38. The molecule has 9 heteroatoms. The first kappa shape index (κ1) is 15.3. The van der Waals surface area contributed by atoms with Crippen LogP contribution in [0.25, 0.3) is 0 Å². The van der Waals surface area contributed by atoms with Crippen LogP contribution < -0.4 is 0 Å². The first-order valence-electron chi connectivity index (χ1n) is 6.21. The first-order chi connectivity index (χ1) is 9.22. The maximum atomic E-state index is 13.4. The Morgan fingerprint density at radius 2 is 2.15 bits per heavy atom. The van der Waals surface area contributed by atoms with Crippen LogP contribution in [-0.4, -0.2) is 54.5 Å². The molecule has 1 fully saturated rings. The summed E-state index contributed by atoms with van der Waals surface area (Å²) in [6.45, 7) is 1.92. The summed E-state index contributed by atoms with van der Waals surface area (Å²) >= 11 is 0. The number of ether oxygens (including phenoxy) is 1. The standard InChI is InChI=1S/C11H17F2N3O3S/c1-9(2)15-5-10(14-8-15)20(17,18)16-3-4-19-7-11(12,13)6-16/h5,8-9H,3-4,6-7H2,1-2H3. The number of sulfonamides is 1. The number of hydrogen-bond acceptors (Lipinski definition) is 4. The van der Waals surface area contributed by atoms with Crippen LogP contribution in [0.3, 0.4) is 0 Å². The van der Waals surface area contributed by atoms with Crippen LogP contribution >= 0.6 is 0 Å². The van der Waals surface area contributed by atoms with E-state index in [1.807, 2.05) is 13.8 Å². The molecule has 114 valence electrons. The van der Waals surface area contributed by atoms with E-state index in [0.29, 0.717) is 0 Å². The second-order valence-electron chi connectivity index (χ2n) is 5.00. The number of imidazole rings is 1. The quantitative estimate of drug-likeness (QED) is 0.839. The molecule has 6 nitrogen and oxygen atoms in total. The molecular weight excluding hydrogens is 292 g/mol. The van der Waals surface area contributed by atoms with E-state index in [9.17, 15) is 17.2 Å². The zero-order valence-corrected chi connectivity index (χ0v) is 12.1. The van der Waals surface area contributed by atoms with Crippen LogP contribution in [0, 0.1) is 0 Å². The van der Waals surface area contributed by atoms with Gasteiger partial charge in [-0.05, 0) is 13.8 Å². The maximum Gasteiger partial charge on any atom is 0.284 e. The molecule has 20 heavy (non-hydrogen) atoms. The lowest BCUT2D eigenvalue weighted by atomic mass is 10.4. The van der Waals surface area contributed by atoms with Gasteiger partial charge in [-0.3, -0.25) is 0 Å². The molecule has 0 aliphatic carbocycles. The highest BCUT2D eigenvalue weighted by Gasteiger charge is 2.40. The number of halogens is 2. The molecule has 0 N–H and O–H groups in total. The second-order valence-corrected chi connectivity index (χ2v) is 6.88. The molecule has 2 rings (SSSR count). The maximum absolute atomic E-state index is 13.4. The van der Waals surface area contributed by atoms with Crippen molar-refractivity contribution in [3.8, 4) is 0 Å². The summed E-state index contributed by atoms with van der Waals surface area (Å²) in [5.41, 5.74) is 0. The lowest BCUT2D eigenvalue weighted by molar-refractivity contribution is -0.0630. The van der Waals surface area contributed by atoms with Gasteiger partial charge in [-0.25, -0.2) is 22.2 Å². The summed E-state index contributed by atoms with van der Waals surface area (Å²) in [7, 11) is -4.03. The molecule has 2 heterocycles. The molecule has 0 spiro atoms. The summed E-state index contributed by atoms with van der Waals surface area (Å²) in [6, 6.07) is 0.0420. The monoisotopic (exact) mass is 309 g/mol. The van der Waals surface area contributed by atoms with Gasteiger partial charge in [0, 0.05) is 18.8 Å². The minimum atomic E-state index is -4.03. The fourth-order valence-corrected chi connectivity index (χ4v) is 3.21. The summed E-state index contributed by atoms with van der Waals surface area (Å²) < 4.78 is 58.6. The average Bonchev–Trinajstić information content (AvgIpc) is 2.76. The summed E-state index contributed by atoms with van der Waals surface area (Å²) in [5.74, 6) is -3.19. The van der Waals surface area contributed by atoms with Crippen molar-refractivity contribution < 1.29 is 21.9 Å². The van der Waals surface area contributed by atoms with Gasteiger partial charge in [-0.15, -0.1) is 0 Å². The third-order valence-corrected chi connectivity index (χ3v) is 4.72. The van der Waals surface area contributed by atoms with Gasteiger partial charge in [0.15, 0.2) is 5.03 Å². The molecule has 1 saturated heterocycles. The molecule has 0 bridgehead atoms. The minimum Gasteiger partial charge on any atom is -0.374 e. The molecule has 0 atom stereocenters. The number of aromatic nitrogens is 2. The molecule has 1 aliphatic heterocycles. The molecule has 0 amide bonds. The third-order valence-electron chi connectivity index (χ3n) is 2.98. The van der Waals surface area contributed by atoms with Crippen LogP contribution in [0.4, 0.5) is 8.78 Å². The third kappa shape index (κ3) is 3.15. The van der Waals surface area contributed by atoms with Crippen molar-refractivity contribution in [1.82, 2.24) is 13.9 Å². The highest BCUT2D eigenvalue weighted by molar-refractivity contribution is 7.89. The Labute approximate surface area is 116 Å². The van der Waals surface area contributed by atoms with E-state index in [1.54, 1.807) is 4.57 Å². The van der Waals surface area contributed by atoms with E-state index in [0.717, 1.165) is 4.31 Å². The van der Waals surface area contributed by atoms with Crippen molar-refractivity contribution in [3.63, 3.8) is 0 Å². The molecule has 0 radical (unpaired) electrons. The molecule has 0 unspecified atom stereocenters. The predicted octanol–water partition coefficient (Wildman–Crippen LogP) is 1.12. The fraction of sp³-hybridized carbons (Fsp3) is 0.727. The van der Waals surface area contributed by atoms with E-state index in [2.05, 4.69) is 4.98 Å². The van der Waals surface area contributed by atoms with Crippen molar-refractivity contribution >= 4 is 10.0 Å². The Hall–Kier alpha value is -1.06. The number of nitrogens with zero attached hydrogens (tertiary/aromatic N) is 3. The highest BCUT2D eigenvalue weighted by Crippen LogP contribution is 2.23. The minimum absolute atomic E-state index is 0.0420. The van der Waals surface area contributed by atoms with E-state index in [4.69, 9.17) is 4.74 Å². The predicted molar refractivity (Wildman–Crippen MR) is 67.1 cm³/mol. The zero-order chi connectivity index (χ0) is 15.0. The van der Waals surface area contributed by atoms with Crippen molar-refractivity contribution in [2.45, 2.75) is 30.8 Å². The molecular formula is C11H17F2N3O3S. The number of rotatable bonds is 3. The highest BCUT2D eigenvalue weighted by atomic mass is 32.2. The van der Waals surface area contributed by atoms with Gasteiger partial charge in [0.05, 0.1) is 19.5 Å². The molecule has 1 aromatic heterocycles. The van der Waals surface area contributed by atoms with Gasteiger partial charge in [0.1, 0.15) is 6.61 Å². The number of hydrogen-bond donors (Lipinski definition) is 0. The fourth-order valence-electron chi connectivity index (χ4n) is 1.84. The van der Waals surface area contributed by atoms with Crippen molar-refractivity contribution in [2.75, 3.05) is 26.3 Å². The Morgan fingerprint density at radius 1 is 1.45 bits per heavy atom. The van der Waals surface area contributed by atoms with Crippen LogP contribution in [0.15, 0.2) is 17.6 Å². The molecule has 1 aromatic rings. The Kier molecular flexibility index (Phi) is 4.12. The van der Waals surface area contributed by atoms with Crippen LogP contribution in [0.1, 0.15) is 19.9 Å². The Morgan fingerprint density at radius 3 is 2.75 bits per heavy atom. The van der Waals surface area contributed by atoms with Crippen LogP contribution in [0.2, 0.25) is 0 Å². The SMILES string of the molecule is CC(C)n1cnc(S(=O)(=O)N2CCOCC(F)(F)C2)c1. The molecule has 0 saturated carbocycles. The lowest BCUT2D eigenvalue weighted by Gasteiger charge is -2.21. The van der Waals surface area contributed by atoms with Crippen molar-refractivity contribution in [1.29, 1.82) is 0 Å². The summed E-state index contributed by atoms with van der Waals surface area (Å²) in [4.78, 5) is 3.81. The normalized spacial score (nSPS) is 21.1. The van der Waals surface area contributed by atoms with E-state index in [1.165, 1.54) is 12.5 Å². The van der Waals surface area contributed by atoms with Crippen molar-refractivity contribution in [2.24, 2.45) is 0 Å². The molecule has 0 aromatic carbocycles. The Bertz CT molecular complexity index is 571. The van der Waals surface area contributed by atoms with Gasteiger partial charge in [0.2, 0.25) is 0 Å². The molecule has 1 aliphatic rings. The smallest absolute Gasteiger partial charge is 0.284 e. The first-order valence-corrected chi connectivity index (χ1v) is 7.65. The van der Waals surface area contributed by atoms with Crippen LogP contribution in [0.5, 0.6) is 0 Å². The van der Waals surface area contributed by atoms with E-state index >= 15 is 0 Å². The van der Waals surface area contributed by atoms with Crippen molar-refractivity contribution in [3.05, 3.63) is 12.5 Å². The lowest BCUT2D eigenvalue weighted by Crippen LogP contribution is -2.41. The topological polar surface area (TPSA) is 64.4 Å². The number of alkyl halides is 2. The van der Waals surface area contributed by atoms with Gasteiger partial charge < -0.3 is 9.30 Å². The van der Waals surface area contributed by atoms with Crippen LogP contribution in [-0.2, 0) is 14.8 Å². The van der Waals surface area contributed by atoms with Gasteiger partial charge in [-0.2, -0.15) is 4.31 Å². The largest absolute Gasteiger partial charge is 0.374 e. The summed E-state index contributed by atoms with van der Waals surface area (Å²) in [5, 5.41) is -0.219. The van der Waals surface area contributed by atoms with Gasteiger partial charge in [-0.1, -0.05) is 0 Å². The zero-order valence-electron chi connectivity index (χ0n) is 11.3. The van der Waals surface area contributed by atoms with Gasteiger partial charge in [0.25, 0.3) is 15.9 Å². The Balaban J connectivity index is 2.28. The summed E-state index contributed by atoms with van der Waals surface area (Å²) in [6.07, 6.45) is 2.73. The van der Waals surface area contributed by atoms with E-state index < -0.39 is 29.1 Å². The van der Waals surface area contributed by atoms with E-state index in [-0.39, 0.29) is 24.2 Å². The van der Waals surface area contributed by atoms with Gasteiger partial charge >= 0.3 is 0 Å². The average molecular weight is 309 g/mol.